The van der Waals surface area contributed by atoms with Crippen molar-refractivity contribution in [1.29, 1.82) is 0 Å². The van der Waals surface area contributed by atoms with Crippen LogP contribution >= 0.6 is 0 Å². The molecule has 0 heterocycles. The van der Waals surface area contributed by atoms with Gasteiger partial charge in [0.15, 0.2) is 0 Å². The van der Waals surface area contributed by atoms with Gasteiger partial charge in [0.2, 0.25) is 0 Å². The van der Waals surface area contributed by atoms with Crippen LogP contribution in [-0.2, 0) is 11.3 Å². The first kappa shape index (κ1) is 14.8. The Labute approximate surface area is 121 Å². The van der Waals surface area contributed by atoms with E-state index in [9.17, 15) is 5.11 Å². The van der Waals surface area contributed by atoms with Crippen LogP contribution < -0.4 is 0 Å². The van der Waals surface area contributed by atoms with Crippen molar-refractivity contribution < 1.29 is 9.84 Å². The molecule has 0 bridgehead atoms. The predicted molar refractivity (Wildman–Crippen MR) is 81.6 cm³/mol. The Morgan fingerprint density at radius 2 is 1.55 bits per heavy atom. The Bertz CT molecular complexity index is 467. The molecule has 20 heavy (non-hydrogen) atoms. The quantitative estimate of drug-likeness (QED) is 0.740. The molecule has 2 aromatic rings. The summed E-state index contributed by atoms with van der Waals surface area (Å²) in [4.78, 5) is 0. The molecule has 0 aliphatic heterocycles. The Balaban J connectivity index is 1.67. The van der Waals surface area contributed by atoms with Gasteiger partial charge in [-0.2, -0.15) is 0 Å². The average molecular weight is 270 g/mol. The van der Waals surface area contributed by atoms with Crippen molar-refractivity contribution >= 4 is 0 Å². The van der Waals surface area contributed by atoms with Gasteiger partial charge in [-0.3, -0.25) is 0 Å². The van der Waals surface area contributed by atoms with Crippen molar-refractivity contribution in [3.05, 3.63) is 71.8 Å². The van der Waals surface area contributed by atoms with E-state index in [1.165, 1.54) is 11.1 Å². The van der Waals surface area contributed by atoms with Crippen LogP contribution in [0.3, 0.4) is 0 Å². The molecule has 0 fully saturated rings. The van der Waals surface area contributed by atoms with E-state index in [1.54, 1.807) is 0 Å². The topological polar surface area (TPSA) is 29.5 Å². The van der Waals surface area contributed by atoms with Gasteiger partial charge in [0, 0.05) is 19.1 Å². The first-order valence-electron chi connectivity index (χ1n) is 7.17. The number of hydrogen-bond donors (Lipinski definition) is 1. The fourth-order valence-corrected chi connectivity index (χ4v) is 2.28. The van der Waals surface area contributed by atoms with Gasteiger partial charge in [0.05, 0.1) is 6.61 Å². The smallest absolute Gasteiger partial charge is 0.0716 e. The molecule has 1 atom stereocenters. The molecule has 0 unspecified atom stereocenters. The number of rotatable bonds is 8. The maximum atomic E-state index is 9.47. The first-order chi connectivity index (χ1) is 9.90. The highest BCUT2D eigenvalue weighted by molar-refractivity contribution is 5.19. The fraction of sp³-hybridized carbons (Fsp3) is 0.333. The molecule has 1 N–H and O–H groups in total. The fourth-order valence-electron chi connectivity index (χ4n) is 2.28. The summed E-state index contributed by atoms with van der Waals surface area (Å²) in [6.45, 7) is 1.59. The van der Waals surface area contributed by atoms with E-state index >= 15 is 0 Å². The Morgan fingerprint density at radius 3 is 2.20 bits per heavy atom. The molecular weight excluding hydrogens is 248 g/mol. The Kier molecular flexibility index (Phi) is 6.28. The third kappa shape index (κ3) is 4.80. The van der Waals surface area contributed by atoms with E-state index in [-0.39, 0.29) is 12.5 Å². The van der Waals surface area contributed by atoms with Gasteiger partial charge in [-0.15, -0.1) is 0 Å². The highest BCUT2D eigenvalue weighted by Gasteiger charge is 2.09. The van der Waals surface area contributed by atoms with Crippen LogP contribution in [0.5, 0.6) is 0 Å². The van der Waals surface area contributed by atoms with E-state index in [1.807, 2.05) is 36.4 Å². The molecule has 106 valence electrons. The monoisotopic (exact) mass is 270 g/mol. The summed E-state index contributed by atoms with van der Waals surface area (Å²) in [6, 6.07) is 20.4. The van der Waals surface area contributed by atoms with E-state index in [2.05, 4.69) is 24.3 Å². The molecule has 0 aliphatic rings. The van der Waals surface area contributed by atoms with Crippen molar-refractivity contribution in [2.75, 3.05) is 13.2 Å². The van der Waals surface area contributed by atoms with Gasteiger partial charge in [-0.25, -0.2) is 0 Å². The summed E-state index contributed by atoms with van der Waals surface area (Å²) < 4.78 is 5.67. The molecule has 0 spiro atoms. The molecule has 2 heteroatoms. The molecule has 0 saturated heterocycles. The number of aliphatic hydroxyl groups is 1. The minimum absolute atomic E-state index is 0.197. The van der Waals surface area contributed by atoms with Gasteiger partial charge in [0.1, 0.15) is 0 Å². The largest absolute Gasteiger partial charge is 0.396 e. The van der Waals surface area contributed by atoms with E-state index in [4.69, 9.17) is 4.74 Å². The SMILES string of the molecule is OC[C@@H](CCCOCc1ccccc1)c1ccccc1. The summed E-state index contributed by atoms with van der Waals surface area (Å²) in [5, 5.41) is 9.47. The highest BCUT2D eigenvalue weighted by atomic mass is 16.5. The predicted octanol–water partition coefficient (Wildman–Crippen LogP) is 3.76. The maximum absolute atomic E-state index is 9.47. The van der Waals surface area contributed by atoms with E-state index < -0.39 is 0 Å². The molecule has 2 aromatic carbocycles. The zero-order chi connectivity index (χ0) is 14.0. The van der Waals surface area contributed by atoms with Crippen LogP contribution in [0.25, 0.3) is 0 Å². The molecule has 0 aromatic heterocycles. The molecular formula is C18H22O2. The second-order valence-electron chi connectivity index (χ2n) is 4.97. The van der Waals surface area contributed by atoms with Crippen LogP contribution in [0.1, 0.15) is 29.9 Å². The van der Waals surface area contributed by atoms with Crippen LogP contribution in [0.15, 0.2) is 60.7 Å². The van der Waals surface area contributed by atoms with Crippen molar-refractivity contribution in [2.24, 2.45) is 0 Å². The summed E-state index contributed by atoms with van der Waals surface area (Å²) in [6.07, 6.45) is 1.92. The number of aliphatic hydroxyl groups excluding tert-OH is 1. The molecule has 2 nitrogen and oxygen atoms in total. The van der Waals surface area contributed by atoms with Crippen LogP contribution in [0, 0.1) is 0 Å². The van der Waals surface area contributed by atoms with Crippen LogP contribution in [0.2, 0.25) is 0 Å². The first-order valence-corrected chi connectivity index (χ1v) is 7.17. The maximum Gasteiger partial charge on any atom is 0.0716 e. The van der Waals surface area contributed by atoms with Crippen LogP contribution in [0.4, 0.5) is 0 Å². The Morgan fingerprint density at radius 1 is 0.900 bits per heavy atom. The summed E-state index contributed by atoms with van der Waals surface area (Å²) in [5.74, 6) is 0.219. The third-order valence-corrected chi connectivity index (χ3v) is 3.44. The molecule has 2 rings (SSSR count). The normalized spacial score (nSPS) is 12.2. The standard InChI is InChI=1S/C18H22O2/c19-14-18(17-10-5-2-6-11-17)12-7-13-20-15-16-8-3-1-4-9-16/h1-6,8-11,18-19H,7,12-15H2/t18-/m1/s1. The van der Waals surface area contributed by atoms with Gasteiger partial charge in [-0.1, -0.05) is 60.7 Å². The number of hydrogen-bond acceptors (Lipinski definition) is 2. The zero-order valence-electron chi connectivity index (χ0n) is 11.7. The highest BCUT2D eigenvalue weighted by Crippen LogP contribution is 2.20. The lowest BCUT2D eigenvalue weighted by atomic mass is 9.95. The van der Waals surface area contributed by atoms with Crippen molar-refractivity contribution in [3.8, 4) is 0 Å². The van der Waals surface area contributed by atoms with Crippen molar-refractivity contribution in [2.45, 2.75) is 25.4 Å². The second-order valence-corrected chi connectivity index (χ2v) is 4.97. The lowest BCUT2D eigenvalue weighted by Gasteiger charge is -2.14. The summed E-state index contributed by atoms with van der Waals surface area (Å²) >= 11 is 0. The van der Waals surface area contributed by atoms with E-state index in [0.29, 0.717) is 6.61 Å². The minimum atomic E-state index is 0.197. The van der Waals surface area contributed by atoms with Crippen molar-refractivity contribution in [1.82, 2.24) is 0 Å². The average Bonchev–Trinajstić information content (AvgIpc) is 2.53. The number of benzene rings is 2. The lowest BCUT2D eigenvalue weighted by molar-refractivity contribution is 0.113. The van der Waals surface area contributed by atoms with E-state index in [0.717, 1.165) is 19.4 Å². The number of ether oxygens (including phenoxy) is 1. The third-order valence-electron chi connectivity index (χ3n) is 3.44. The Hall–Kier alpha value is -1.64. The van der Waals surface area contributed by atoms with Gasteiger partial charge in [-0.05, 0) is 24.0 Å². The summed E-state index contributed by atoms with van der Waals surface area (Å²) in [5.41, 5.74) is 2.41. The molecule has 0 aliphatic carbocycles. The molecule has 0 amide bonds. The molecule has 0 radical (unpaired) electrons. The van der Waals surface area contributed by atoms with Crippen LogP contribution in [-0.4, -0.2) is 18.3 Å². The minimum Gasteiger partial charge on any atom is -0.396 e. The van der Waals surface area contributed by atoms with Gasteiger partial charge >= 0.3 is 0 Å². The van der Waals surface area contributed by atoms with Gasteiger partial charge in [0.25, 0.3) is 0 Å². The second kappa shape index (κ2) is 8.51. The van der Waals surface area contributed by atoms with Crippen molar-refractivity contribution in [3.63, 3.8) is 0 Å². The summed E-state index contributed by atoms with van der Waals surface area (Å²) in [7, 11) is 0. The molecule has 0 saturated carbocycles. The lowest BCUT2D eigenvalue weighted by Crippen LogP contribution is -2.06. The van der Waals surface area contributed by atoms with Gasteiger partial charge < -0.3 is 9.84 Å². The zero-order valence-corrected chi connectivity index (χ0v) is 11.7.